The molecule has 0 bridgehead atoms. The minimum atomic E-state index is -0.584. The quantitative estimate of drug-likeness (QED) is 0.637. The molecule has 1 aromatic heterocycles. The summed E-state index contributed by atoms with van der Waals surface area (Å²) in [7, 11) is 0. The van der Waals surface area contributed by atoms with Crippen molar-refractivity contribution in [3.63, 3.8) is 0 Å². The van der Waals surface area contributed by atoms with E-state index >= 15 is 0 Å². The number of halogens is 2. The maximum atomic E-state index is 14.2. The van der Waals surface area contributed by atoms with Crippen LogP contribution in [0, 0.1) is 5.82 Å². The van der Waals surface area contributed by atoms with Gasteiger partial charge in [-0.1, -0.05) is 6.92 Å². The van der Waals surface area contributed by atoms with E-state index in [0.717, 1.165) is 4.47 Å². The fourth-order valence-electron chi connectivity index (χ4n) is 2.80. The van der Waals surface area contributed by atoms with Crippen molar-refractivity contribution in [2.45, 2.75) is 31.7 Å². The maximum absolute atomic E-state index is 14.2. The fourth-order valence-corrected chi connectivity index (χ4v) is 3.03. The highest BCUT2D eigenvalue weighted by molar-refractivity contribution is 9.10. The van der Waals surface area contributed by atoms with Crippen LogP contribution >= 0.6 is 15.9 Å². The van der Waals surface area contributed by atoms with E-state index in [2.05, 4.69) is 31.5 Å². The van der Waals surface area contributed by atoms with Crippen molar-refractivity contribution < 1.29 is 19.1 Å². The standard InChI is InChI=1S/C18H17BrFN3O3/c1-2-14(24)10-4-5-12(20)16(17(10)25)11-7-13(11)22-18(26)23-15-6-3-9(19)8-21-15/h3-6,8,11,13,25H,2,7H2,1H3,(H2,21,22,23,26)/t11-,13+/m0/s1. The lowest BCUT2D eigenvalue weighted by molar-refractivity contribution is 0.0985. The van der Waals surface area contributed by atoms with Gasteiger partial charge in [-0.15, -0.1) is 0 Å². The number of aromatic hydroxyl groups is 1. The number of ketones is 1. The van der Waals surface area contributed by atoms with E-state index in [1.807, 2.05) is 0 Å². The summed E-state index contributed by atoms with van der Waals surface area (Å²) in [5.74, 6) is -1.16. The number of amides is 2. The monoisotopic (exact) mass is 421 g/mol. The number of rotatable bonds is 5. The van der Waals surface area contributed by atoms with Gasteiger partial charge in [-0.3, -0.25) is 10.1 Å². The number of phenols is 1. The number of Topliss-reactive ketones (excluding diaryl/α,β-unsaturated/α-hetero) is 1. The van der Waals surface area contributed by atoms with Crippen molar-refractivity contribution in [1.82, 2.24) is 10.3 Å². The molecule has 1 saturated carbocycles. The van der Waals surface area contributed by atoms with Crippen LogP contribution in [0.1, 0.15) is 41.6 Å². The number of hydrogen-bond donors (Lipinski definition) is 3. The van der Waals surface area contributed by atoms with Crippen molar-refractivity contribution in [3.05, 3.63) is 51.9 Å². The molecule has 2 amide bonds. The number of carbonyl (C=O) groups excluding carboxylic acids is 2. The first-order chi connectivity index (χ1) is 12.4. The Morgan fingerprint density at radius 2 is 2.12 bits per heavy atom. The lowest BCUT2D eigenvalue weighted by Crippen LogP contribution is -2.31. The minimum absolute atomic E-state index is 0.0800. The summed E-state index contributed by atoms with van der Waals surface area (Å²) in [6, 6.07) is 5.06. The van der Waals surface area contributed by atoms with Crippen LogP contribution in [0.3, 0.4) is 0 Å². The molecule has 2 atom stereocenters. The van der Waals surface area contributed by atoms with Crippen LogP contribution in [0.2, 0.25) is 0 Å². The molecular weight excluding hydrogens is 405 g/mol. The summed E-state index contributed by atoms with van der Waals surface area (Å²) in [5, 5.41) is 15.6. The van der Waals surface area contributed by atoms with Crippen LogP contribution in [0.15, 0.2) is 34.9 Å². The molecule has 3 rings (SSSR count). The first-order valence-corrected chi connectivity index (χ1v) is 8.93. The Hall–Kier alpha value is -2.48. The van der Waals surface area contributed by atoms with Crippen molar-refractivity contribution in [2.75, 3.05) is 5.32 Å². The summed E-state index contributed by atoms with van der Waals surface area (Å²) in [4.78, 5) is 27.9. The molecule has 0 radical (unpaired) electrons. The highest BCUT2D eigenvalue weighted by Gasteiger charge is 2.43. The number of urea groups is 1. The number of carbonyl (C=O) groups is 2. The van der Waals surface area contributed by atoms with Crippen LogP contribution in [-0.2, 0) is 0 Å². The summed E-state index contributed by atoms with van der Waals surface area (Å²) in [6.45, 7) is 1.67. The third-order valence-corrected chi connectivity index (χ3v) is 4.70. The molecule has 1 heterocycles. The Labute approximate surface area is 158 Å². The van der Waals surface area contributed by atoms with Crippen molar-refractivity contribution in [3.8, 4) is 5.75 Å². The van der Waals surface area contributed by atoms with Gasteiger partial charge in [-0.25, -0.2) is 14.2 Å². The third-order valence-electron chi connectivity index (χ3n) is 4.23. The number of nitrogens with one attached hydrogen (secondary N) is 2. The molecule has 136 valence electrons. The smallest absolute Gasteiger partial charge is 0.320 e. The van der Waals surface area contributed by atoms with E-state index in [4.69, 9.17) is 0 Å². The number of benzene rings is 1. The number of aromatic nitrogens is 1. The SMILES string of the molecule is CCC(=O)c1ccc(F)c([C@H]2C[C@H]2NC(=O)Nc2ccc(Br)cn2)c1O. The molecular formula is C18H17BrFN3O3. The molecule has 0 saturated heterocycles. The Kier molecular flexibility index (Phi) is 5.22. The van der Waals surface area contributed by atoms with Crippen molar-refractivity contribution in [2.24, 2.45) is 0 Å². The zero-order chi connectivity index (χ0) is 18.8. The highest BCUT2D eigenvalue weighted by Crippen LogP contribution is 2.46. The van der Waals surface area contributed by atoms with Crippen molar-refractivity contribution >= 4 is 33.6 Å². The molecule has 1 aliphatic carbocycles. The molecule has 2 aromatic rings. The first-order valence-electron chi connectivity index (χ1n) is 8.14. The molecule has 1 fully saturated rings. The number of pyridine rings is 1. The van der Waals surface area contributed by atoms with Crippen molar-refractivity contribution in [1.29, 1.82) is 0 Å². The van der Waals surface area contributed by atoms with Gasteiger partial charge in [0.05, 0.1) is 5.56 Å². The Bertz CT molecular complexity index is 858. The topological polar surface area (TPSA) is 91.3 Å². The van der Waals surface area contributed by atoms with E-state index < -0.39 is 11.8 Å². The molecule has 26 heavy (non-hydrogen) atoms. The molecule has 0 spiro atoms. The van der Waals surface area contributed by atoms with Gasteiger partial charge in [-0.2, -0.15) is 0 Å². The van der Waals surface area contributed by atoms with Gasteiger partial charge in [-0.05, 0) is 46.6 Å². The Morgan fingerprint density at radius 3 is 2.77 bits per heavy atom. The molecule has 1 aliphatic rings. The van der Waals surface area contributed by atoms with Crippen LogP contribution in [0.5, 0.6) is 5.75 Å². The predicted octanol–water partition coefficient (Wildman–Crippen LogP) is 3.96. The predicted molar refractivity (Wildman–Crippen MR) is 97.9 cm³/mol. The summed E-state index contributed by atoms with van der Waals surface area (Å²) in [6.07, 6.45) is 2.25. The van der Waals surface area contributed by atoms with Crippen LogP contribution < -0.4 is 10.6 Å². The Morgan fingerprint density at radius 1 is 1.35 bits per heavy atom. The number of hydrogen-bond acceptors (Lipinski definition) is 4. The average molecular weight is 422 g/mol. The average Bonchev–Trinajstić information content (AvgIpc) is 3.35. The maximum Gasteiger partial charge on any atom is 0.320 e. The zero-order valence-corrected chi connectivity index (χ0v) is 15.5. The molecule has 1 aromatic carbocycles. The Balaban J connectivity index is 1.67. The molecule has 0 aliphatic heterocycles. The minimum Gasteiger partial charge on any atom is -0.507 e. The fraction of sp³-hybridized carbons (Fsp3) is 0.278. The number of phenolic OH excluding ortho intramolecular Hbond substituents is 1. The normalized spacial score (nSPS) is 18.3. The second-order valence-electron chi connectivity index (χ2n) is 6.04. The second kappa shape index (κ2) is 7.41. The highest BCUT2D eigenvalue weighted by atomic mass is 79.9. The number of anilines is 1. The largest absolute Gasteiger partial charge is 0.507 e. The molecule has 3 N–H and O–H groups in total. The molecule has 8 heteroatoms. The first kappa shape index (κ1) is 18.3. The zero-order valence-electron chi connectivity index (χ0n) is 13.9. The second-order valence-corrected chi connectivity index (χ2v) is 6.96. The van der Waals surface area contributed by atoms with E-state index in [0.29, 0.717) is 12.2 Å². The van der Waals surface area contributed by atoms with Gasteiger partial charge < -0.3 is 10.4 Å². The van der Waals surface area contributed by atoms with Gasteiger partial charge >= 0.3 is 6.03 Å². The lowest BCUT2D eigenvalue weighted by Gasteiger charge is -2.11. The van der Waals surface area contributed by atoms with Gasteiger partial charge in [0.2, 0.25) is 0 Å². The van der Waals surface area contributed by atoms with Gasteiger partial charge in [0.15, 0.2) is 5.78 Å². The van der Waals surface area contributed by atoms with E-state index in [9.17, 15) is 19.1 Å². The van der Waals surface area contributed by atoms with E-state index in [-0.39, 0.29) is 41.0 Å². The van der Waals surface area contributed by atoms with Gasteiger partial charge in [0.1, 0.15) is 17.4 Å². The summed E-state index contributed by atoms with van der Waals surface area (Å²) < 4.78 is 15.0. The molecule has 6 nitrogen and oxygen atoms in total. The summed E-state index contributed by atoms with van der Waals surface area (Å²) >= 11 is 3.26. The van der Waals surface area contributed by atoms with E-state index in [1.54, 1.807) is 25.3 Å². The molecule has 0 unspecified atom stereocenters. The summed E-state index contributed by atoms with van der Waals surface area (Å²) in [5.41, 5.74) is 0.189. The van der Waals surface area contributed by atoms with Gasteiger partial charge in [0, 0.05) is 34.6 Å². The van der Waals surface area contributed by atoms with Crippen LogP contribution in [0.4, 0.5) is 15.0 Å². The van der Waals surface area contributed by atoms with Gasteiger partial charge in [0.25, 0.3) is 0 Å². The number of nitrogens with zero attached hydrogens (tertiary/aromatic N) is 1. The third kappa shape index (κ3) is 3.85. The van der Waals surface area contributed by atoms with E-state index in [1.165, 1.54) is 12.1 Å². The van der Waals surface area contributed by atoms with Crippen LogP contribution in [0.25, 0.3) is 0 Å². The lowest BCUT2D eigenvalue weighted by atomic mass is 10.00. The van der Waals surface area contributed by atoms with Crippen LogP contribution in [-0.4, -0.2) is 27.9 Å².